The average Bonchev–Trinajstić information content (AvgIpc) is 1.95. The number of rotatable bonds is 2. The minimum absolute atomic E-state index is 0. The van der Waals surface area contributed by atoms with Crippen LogP contribution in [0.15, 0.2) is 24.3 Å². The van der Waals surface area contributed by atoms with Crippen LogP contribution in [-0.2, 0) is 24.7 Å². The van der Waals surface area contributed by atoms with Gasteiger partial charge in [-0.25, -0.2) is 0 Å². The molecule has 0 aliphatic heterocycles. The Morgan fingerprint density at radius 3 is 2.18 bits per heavy atom. The summed E-state index contributed by atoms with van der Waals surface area (Å²) in [5.41, 5.74) is 2.84. The molecule has 0 aromatic heterocycles. The summed E-state index contributed by atoms with van der Waals surface area (Å²) < 4.78 is 0. The molecule has 0 N–H and O–H groups in total. The van der Waals surface area contributed by atoms with E-state index in [1.807, 2.05) is 0 Å². The maximum absolute atomic E-state index is 2.23. The van der Waals surface area contributed by atoms with Crippen LogP contribution in [0.4, 0.5) is 0 Å². The molecule has 0 aliphatic carbocycles. The zero-order chi connectivity index (χ0) is 7.40. The molecule has 0 aliphatic rings. The molecule has 11 heavy (non-hydrogen) atoms. The Labute approximate surface area is 95.5 Å². The van der Waals surface area contributed by atoms with Crippen molar-refractivity contribution in [3.05, 3.63) is 35.4 Å². The van der Waals surface area contributed by atoms with Gasteiger partial charge in [-0.3, -0.25) is 0 Å². The fourth-order valence-electron chi connectivity index (χ4n) is 0.959. The van der Waals surface area contributed by atoms with Gasteiger partial charge >= 0.3 is 72.1 Å². The second kappa shape index (κ2) is 6.13. The molecular formula is C9H11IZn. The standard InChI is InChI=1S/C9H11.HI.Zn/c1-3-9-6-4-8(2)5-7-9;;/h4-7H,1,3H2,2H3;1H;/q;;+1/p-1. The predicted molar refractivity (Wildman–Crippen MR) is 39.7 cm³/mol. The van der Waals surface area contributed by atoms with Crippen LogP contribution in [0.3, 0.4) is 0 Å². The maximum Gasteiger partial charge on any atom is -1.00 e. The fourth-order valence-corrected chi connectivity index (χ4v) is 1.82. The van der Waals surface area contributed by atoms with Crippen LogP contribution < -0.4 is 24.0 Å². The van der Waals surface area contributed by atoms with Crippen LogP contribution in [0.2, 0.25) is 5.02 Å². The van der Waals surface area contributed by atoms with Crippen molar-refractivity contribution in [2.45, 2.75) is 18.4 Å². The van der Waals surface area contributed by atoms with Crippen LogP contribution >= 0.6 is 0 Å². The van der Waals surface area contributed by atoms with Gasteiger partial charge in [0.1, 0.15) is 0 Å². The topological polar surface area (TPSA) is 0 Å². The number of halogens is 1. The van der Waals surface area contributed by atoms with E-state index >= 15 is 0 Å². The van der Waals surface area contributed by atoms with Crippen LogP contribution in [0, 0.1) is 6.92 Å². The normalized spacial score (nSPS) is 9.00. The van der Waals surface area contributed by atoms with Crippen LogP contribution in [-0.4, -0.2) is 0 Å². The fraction of sp³-hybridized carbons (Fsp3) is 0.333. The SMILES string of the molecule is Cc1ccc(C[CH2][Zn+])cc1.[I-]. The summed E-state index contributed by atoms with van der Waals surface area (Å²) in [4.78, 5) is 0. The summed E-state index contributed by atoms with van der Waals surface area (Å²) in [5.74, 6) is 0. The third-order valence-corrected chi connectivity index (χ3v) is 2.33. The van der Waals surface area contributed by atoms with Crippen LogP contribution in [0.5, 0.6) is 0 Å². The molecule has 1 rings (SSSR count). The quantitative estimate of drug-likeness (QED) is 0.511. The summed E-state index contributed by atoms with van der Waals surface area (Å²) >= 11 is 1.41. The molecule has 0 saturated carbocycles. The van der Waals surface area contributed by atoms with Crippen molar-refractivity contribution in [2.75, 3.05) is 0 Å². The minimum atomic E-state index is 0. The summed E-state index contributed by atoms with van der Waals surface area (Å²) in [6, 6.07) is 8.83. The molecule has 1 aromatic rings. The van der Waals surface area contributed by atoms with E-state index in [1.54, 1.807) is 0 Å². The average molecular weight is 311 g/mol. The molecule has 0 fully saturated rings. The molecule has 0 saturated heterocycles. The van der Waals surface area contributed by atoms with E-state index < -0.39 is 0 Å². The Hall–Kier alpha value is 0.573. The molecule has 0 spiro atoms. The van der Waals surface area contributed by atoms with Gasteiger partial charge < -0.3 is 24.0 Å². The van der Waals surface area contributed by atoms with Gasteiger partial charge in [0.25, 0.3) is 0 Å². The van der Waals surface area contributed by atoms with Crippen molar-refractivity contribution in [2.24, 2.45) is 0 Å². The van der Waals surface area contributed by atoms with E-state index in [0.29, 0.717) is 0 Å². The Morgan fingerprint density at radius 2 is 1.73 bits per heavy atom. The van der Waals surface area contributed by atoms with E-state index in [9.17, 15) is 0 Å². The summed E-state index contributed by atoms with van der Waals surface area (Å²) in [5, 5.41) is 1.36. The first-order valence-electron chi connectivity index (χ1n) is 3.67. The van der Waals surface area contributed by atoms with Gasteiger partial charge in [-0.05, 0) is 0 Å². The Balaban J connectivity index is 0.000001000. The summed E-state index contributed by atoms with van der Waals surface area (Å²) in [6.07, 6.45) is 1.26. The van der Waals surface area contributed by atoms with E-state index in [-0.39, 0.29) is 24.0 Å². The van der Waals surface area contributed by atoms with Crippen molar-refractivity contribution in [1.29, 1.82) is 0 Å². The van der Waals surface area contributed by atoms with E-state index in [0.717, 1.165) is 0 Å². The minimum Gasteiger partial charge on any atom is -1.00 e. The summed E-state index contributed by atoms with van der Waals surface area (Å²) in [7, 11) is 0. The van der Waals surface area contributed by atoms with Gasteiger partial charge in [-0.15, -0.1) is 0 Å². The number of aryl methyl sites for hydroxylation is 2. The van der Waals surface area contributed by atoms with Gasteiger partial charge in [-0.1, -0.05) is 0 Å². The summed E-state index contributed by atoms with van der Waals surface area (Å²) in [6.45, 7) is 2.13. The Bertz CT molecular complexity index is 193. The largest absolute Gasteiger partial charge is 1.00 e. The molecule has 2 heteroatoms. The molecular weight excluding hydrogens is 300 g/mol. The monoisotopic (exact) mass is 310 g/mol. The van der Waals surface area contributed by atoms with Gasteiger partial charge in [0.05, 0.1) is 0 Å². The van der Waals surface area contributed by atoms with Crippen molar-refractivity contribution in [3.8, 4) is 0 Å². The molecule has 0 amide bonds. The van der Waals surface area contributed by atoms with Crippen molar-refractivity contribution in [1.82, 2.24) is 0 Å². The predicted octanol–water partition coefficient (Wildman–Crippen LogP) is -0.493. The van der Waals surface area contributed by atoms with Crippen LogP contribution in [0.1, 0.15) is 11.1 Å². The zero-order valence-electron chi connectivity index (χ0n) is 6.81. The number of benzene rings is 1. The van der Waals surface area contributed by atoms with E-state index in [2.05, 4.69) is 31.2 Å². The van der Waals surface area contributed by atoms with Crippen LogP contribution in [0.25, 0.3) is 0 Å². The van der Waals surface area contributed by atoms with E-state index in [1.165, 1.54) is 40.9 Å². The zero-order valence-corrected chi connectivity index (χ0v) is 11.9. The first-order valence-corrected chi connectivity index (χ1v) is 5.77. The smallest absolute Gasteiger partial charge is 1.00 e. The molecule has 1 aromatic carbocycles. The van der Waals surface area contributed by atoms with Crippen molar-refractivity contribution in [3.63, 3.8) is 0 Å². The third-order valence-electron chi connectivity index (χ3n) is 1.59. The molecule has 0 radical (unpaired) electrons. The van der Waals surface area contributed by atoms with Crippen molar-refractivity contribution >= 4 is 0 Å². The van der Waals surface area contributed by atoms with Crippen molar-refractivity contribution < 1.29 is 42.3 Å². The molecule has 0 unspecified atom stereocenters. The first-order chi connectivity index (χ1) is 4.83. The number of hydrogen-bond donors (Lipinski definition) is 0. The second-order valence-electron chi connectivity index (χ2n) is 2.59. The molecule has 0 bridgehead atoms. The Morgan fingerprint density at radius 1 is 1.18 bits per heavy atom. The molecule has 56 valence electrons. The Kier molecular flexibility index (Phi) is 6.45. The van der Waals surface area contributed by atoms with Gasteiger partial charge in [0.15, 0.2) is 0 Å². The first kappa shape index (κ1) is 11.6. The third kappa shape index (κ3) is 4.22. The molecule has 0 nitrogen and oxygen atoms in total. The van der Waals surface area contributed by atoms with E-state index in [4.69, 9.17) is 0 Å². The van der Waals surface area contributed by atoms with Gasteiger partial charge in [-0.2, -0.15) is 0 Å². The number of hydrogen-bond acceptors (Lipinski definition) is 0. The molecule has 0 heterocycles. The second-order valence-corrected chi connectivity index (χ2v) is 4.07. The molecule has 0 atom stereocenters. The maximum atomic E-state index is 2.23. The van der Waals surface area contributed by atoms with Gasteiger partial charge in [0, 0.05) is 0 Å². The van der Waals surface area contributed by atoms with Gasteiger partial charge in [0.2, 0.25) is 0 Å².